The highest BCUT2D eigenvalue weighted by Crippen LogP contribution is 2.54. The van der Waals surface area contributed by atoms with Crippen LogP contribution >= 0.6 is 0 Å². The average molecular weight is 414 g/mol. The van der Waals surface area contributed by atoms with E-state index in [1.165, 1.54) is 24.3 Å². The van der Waals surface area contributed by atoms with Gasteiger partial charge in [0.15, 0.2) is 0 Å². The minimum atomic E-state index is -1.22. The third-order valence-corrected chi connectivity index (χ3v) is 6.56. The average Bonchev–Trinajstić information content (AvgIpc) is 2.76. The maximum atomic E-state index is 11.7. The molecule has 31 heavy (non-hydrogen) atoms. The molecule has 5 N–H and O–H groups in total. The zero-order valence-electron chi connectivity index (χ0n) is 15.7. The molecular formula is C24H14O7. The van der Waals surface area contributed by atoms with Crippen molar-refractivity contribution in [2.24, 2.45) is 11.8 Å². The number of allylic oxidation sites excluding steroid dienone is 7. The molecule has 0 bridgehead atoms. The SMILES string of the molecule is O=C(O)C1=CC2=C(O)C3=CC=CC4=C(O)c5cc(C(=O)O)cc6c5=C(C2C(=C1)C=6O)C34. The molecule has 0 saturated carbocycles. The number of aromatic carboxylic acids is 1. The molecule has 7 nitrogen and oxygen atoms in total. The van der Waals surface area contributed by atoms with Gasteiger partial charge in [0, 0.05) is 44.9 Å². The number of hydrogen-bond acceptors (Lipinski definition) is 5. The second kappa shape index (κ2) is 5.46. The Hall–Kier alpha value is -4.26. The lowest BCUT2D eigenvalue weighted by molar-refractivity contribution is -0.132. The summed E-state index contributed by atoms with van der Waals surface area (Å²) in [5.74, 6) is -3.98. The number of aliphatic hydroxyl groups excluding tert-OH is 3. The van der Waals surface area contributed by atoms with E-state index in [2.05, 4.69) is 0 Å². The van der Waals surface area contributed by atoms with E-state index in [-0.39, 0.29) is 39.2 Å². The molecule has 0 heterocycles. The van der Waals surface area contributed by atoms with E-state index in [0.29, 0.717) is 27.5 Å². The van der Waals surface area contributed by atoms with Crippen molar-refractivity contribution in [3.8, 4) is 0 Å². The minimum Gasteiger partial charge on any atom is -0.507 e. The molecule has 1 aromatic rings. The molecule has 0 fully saturated rings. The maximum Gasteiger partial charge on any atom is 0.335 e. The normalized spacial score (nSPS) is 24.5. The fourth-order valence-electron chi connectivity index (χ4n) is 5.34. The Labute approximate surface area is 174 Å². The van der Waals surface area contributed by atoms with Crippen LogP contribution in [-0.4, -0.2) is 37.5 Å². The molecule has 0 aromatic heterocycles. The first-order valence-electron chi connectivity index (χ1n) is 9.56. The Morgan fingerprint density at radius 1 is 0.806 bits per heavy atom. The summed E-state index contributed by atoms with van der Waals surface area (Å²) in [5, 5.41) is 53.1. The van der Waals surface area contributed by atoms with Crippen LogP contribution in [0.25, 0.3) is 17.1 Å². The monoisotopic (exact) mass is 414 g/mol. The van der Waals surface area contributed by atoms with Gasteiger partial charge < -0.3 is 25.5 Å². The van der Waals surface area contributed by atoms with E-state index in [1.807, 2.05) is 0 Å². The van der Waals surface area contributed by atoms with Crippen LogP contribution in [0.5, 0.6) is 0 Å². The van der Waals surface area contributed by atoms with Crippen LogP contribution in [0.3, 0.4) is 0 Å². The molecule has 0 spiro atoms. The van der Waals surface area contributed by atoms with Crippen LogP contribution in [0.15, 0.2) is 76.1 Å². The Morgan fingerprint density at radius 2 is 1.55 bits per heavy atom. The summed E-state index contributed by atoms with van der Waals surface area (Å²) >= 11 is 0. The maximum absolute atomic E-state index is 11.7. The van der Waals surface area contributed by atoms with Gasteiger partial charge in [-0.1, -0.05) is 18.2 Å². The van der Waals surface area contributed by atoms with Crippen LogP contribution in [0, 0.1) is 11.8 Å². The van der Waals surface area contributed by atoms with Crippen molar-refractivity contribution in [1.82, 2.24) is 0 Å². The zero-order valence-corrected chi connectivity index (χ0v) is 15.7. The number of hydrogen-bond donors (Lipinski definition) is 5. The van der Waals surface area contributed by atoms with E-state index in [0.717, 1.165) is 5.57 Å². The predicted molar refractivity (Wildman–Crippen MR) is 109 cm³/mol. The zero-order chi connectivity index (χ0) is 21.8. The van der Waals surface area contributed by atoms with E-state index in [1.54, 1.807) is 18.2 Å². The summed E-state index contributed by atoms with van der Waals surface area (Å²) < 4.78 is 0. The van der Waals surface area contributed by atoms with Crippen molar-refractivity contribution in [2.45, 2.75) is 0 Å². The number of aliphatic carboxylic acids is 1. The van der Waals surface area contributed by atoms with Crippen molar-refractivity contribution >= 4 is 29.0 Å². The first-order chi connectivity index (χ1) is 14.8. The van der Waals surface area contributed by atoms with E-state index in [4.69, 9.17) is 0 Å². The molecule has 0 saturated heterocycles. The van der Waals surface area contributed by atoms with E-state index < -0.39 is 23.8 Å². The van der Waals surface area contributed by atoms with Gasteiger partial charge in [0.05, 0.1) is 11.1 Å². The second-order valence-corrected chi connectivity index (χ2v) is 8.02. The molecular weight excluding hydrogens is 400 g/mol. The van der Waals surface area contributed by atoms with Crippen LogP contribution in [0.1, 0.15) is 15.9 Å². The van der Waals surface area contributed by atoms with Gasteiger partial charge in [-0.3, -0.25) is 0 Å². The lowest BCUT2D eigenvalue weighted by Crippen LogP contribution is -2.47. The minimum absolute atomic E-state index is 0.0837. The van der Waals surface area contributed by atoms with Gasteiger partial charge in [-0.25, -0.2) is 9.59 Å². The topological polar surface area (TPSA) is 135 Å². The van der Waals surface area contributed by atoms with Crippen LogP contribution in [0.2, 0.25) is 0 Å². The Morgan fingerprint density at radius 3 is 2.26 bits per heavy atom. The lowest BCUT2D eigenvalue weighted by Gasteiger charge is -2.43. The standard InChI is InChI=1S/C24H14O7/c25-20-10-2-1-3-11-16(10)19-17-12(20)4-8(23(28)29)6-14(17)22(27)15-7-9(24(30)31)5-13(18(15)19)21(11)26/h1-7,16-17,25-27H,(H,28,29)(H,30,31). The van der Waals surface area contributed by atoms with Gasteiger partial charge in [-0.05, 0) is 35.1 Å². The summed E-state index contributed by atoms with van der Waals surface area (Å²) in [4.78, 5) is 23.4. The predicted octanol–water partition coefficient (Wildman–Crippen LogP) is 2.00. The molecule has 6 rings (SSSR count). The number of benzene rings is 1. The molecule has 0 amide bonds. The fourth-order valence-corrected chi connectivity index (χ4v) is 5.34. The van der Waals surface area contributed by atoms with Gasteiger partial charge in [-0.15, -0.1) is 0 Å². The van der Waals surface area contributed by atoms with Crippen LogP contribution in [-0.2, 0) is 4.79 Å². The van der Waals surface area contributed by atoms with Gasteiger partial charge in [-0.2, -0.15) is 0 Å². The van der Waals surface area contributed by atoms with Crippen molar-refractivity contribution in [2.75, 3.05) is 0 Å². The molecule has 1 aromatic carbocycles. The first-order valence-corrected chi connectivity index (χ1v) is 9.56. The lowest BCUT2D eigenvalue weighted by atomic mass is 9.60. The fraction of sp³-hybridized carbons (Fsp3) is 0.0833. The molecule has 7 heteroatoms. The van der Waals surface area contributed by atoms with Gasteiger partial charge in [0.25, 0.3) is 0 Å². The highest BCUT2D eigenvalue weighted by Gasteiger charge is 2.47. The van der Waals surface area contributed by atoms with Crippen molar-refractivity contribution in [1.29, 1.82) is 0 Å². The Balaban J connectivity index is 1.88. The van der Waals surface area contributed by atoms with Crippen molar-refractivity contribution < 1.29 is 35.1 Å². The van der Waals surface area contributed by atoms with Crippen LogP contribution in [0.4, 0.5) is 0 Å². The summed E-state index contributed by atoms with van der Waals surface area (Å²) in [6, 6.07) is 2.71. The summed E-state index contributed by atoms with van der Waals surface area (Å²) in [5.41, 5.74) is 2.55. The molecule has 0 aliphatic heterocycles. The first kappa shape index (κ1) is 17.6. The molecule has 0 radical (unpaired) electrons. The van der Waals surface area contributed by atoms with Gasteiger partial charge in [0.2, 0.25) is 0 Å². The Bertz CT molecular complexity index is 1510. The largest absolute Gasteiger partial charge is 0.507 e. The number of carboxylic acids is 2. The third kappa shape index (κ3) is 1.97. The van der Waals surface area contributed by atoms with Crippen molar-refractivity contribution in [3.63, 3.8) is 0 Å². The third-order valence-electron chi connectivity index (χ3n) is 6.56. The quantitative estimate of drug-likeness (QED) is 0.499. The second-order valence-electron chi connectivity index (χ2n) is 8.02. The number of aliphatic hydroxyl groups is 3. The van der Waals surface area contributed by atoms with E-state index >= 15 is 0 Å². The Kier molecular flexibility index (Phi) is 3.09. The summed E-state index contributed by atoms with van der Waals surface area (Å²) in [6.45, 7) is 0. The highest BCUT2D eigenvalue weighted by atomic mass is 16.4. The molecule has 5 aliphatic carbocycles. The molecule has 2 unspecified atom stereocenters. The van der Waals surface area contributed by atoms with Crippen molar-refractivity contribution in [3.05, 3.63) is 97.7 Å². The number of carbonyl (C=O) groups is 2. The van der Waals surface area contributed by atoms with E-state index in [9.17, 15) is 35.1 Å². The smallest absolute Gasteiger partial charge is 0.335 e. The summed E-state index contributed by atoms with van der Waals surface area (Å²) in [7, 11) is 0. The van der Waals surface area contributed by atoms with Crippen LogP contribution < -0.4 is 10.4 Å². The summed E-state index contributed by atoms with van der Waals surface area (Å²) in [6.07, 6.45) is 7.86. The highest BCUT2D eigenvalue weighted by molar-refractivity contribution is 5.98. The molecule has 152 valence electrons. The number of rotatable bonds is 2. The van der Waals surface area contributed by atoms with Gasteiger partial charge >= 0.3 is 11.9 Å². The molecule has 2 atom stereocenters. The number of carboxylic acid groups (broad SMARTS) is 2. The van der Waals surface area contributed by atoms with Gasteiger partial charge in [0.1, 0.15) is 17.3 Å². The molecule has 5 aliphatic rings.